The van der Waals surface area contributed by atoms with E-state index in [1.165, 1.54) is 18.2 Å². The summed E-state index contributed by atoms with van der Waals surface area (Å²) in [5, 5.41) is 0. The molecule has 0 spiro atoms. The molecular formula is C10H7ClF4O2. The highest BCUT2D eigenvalue weighted by atomic mass is 35.5. The van der Waals surface area contributed by atoms with Crippen LogP contribution in [0.25, 0.3) is 0 Å². The number of para-hydroxylation sites is 1. The Balaban J connectivity index is 3.03. The number of rotatable bonds is 5. The van der Waals surface area contributed by atoms with Crippen molar-refractivity contribution in [2.45, 2.75) is 12.5 Å². The summed E-state index contributed by atoms with van der Waals surface area (Å²) in [6.45, 7) is 0. The minimum atomic E-state index is -4.65. The zero-order valence-corrected chi connectivity index (χ0v) is 9.06. The molecule has 0 heterocycles. The fourth-order valence-corrected chi connectivity index (χ4v) is 1.19. The van der Waals surface area contributed by atoms with Crippen molar-refractivity contribution < 1.29 is 27.1 Å². The van der Waals surface area contributed by atoms with Gasteiger partial charge in [-0.3, -0.25) is 4.79 Å². The van der Waals surface area contributed by atoms with Crippen LogP contribution in [0.2, 0.25) is 0 Å². The van der Waals surface area contributed by atoms with Gasteiger partial charge < -0.3 is 4.74 Å². The Morgan fingerprint density at radius 1 is 1.35 bits per heavy atom. The predicted molar refractivity (Wildman–Crippen MR) is 53.1 cm³/mol. The molecule has 0 amide bonds. The van der Waals surface area contributed by atoms with Crippen molar-refractivity contribution >= 4 is 17.4 Å². The Morgan fingerprint density at radius 2 is 1.94 bits per heavy atom. The van der Waals surface area contributed by atoms with Crippen LogP contribution in [0.5, 0.6) is 5.75 Å². The van der Waals surface area contributed by atoms with Gasteiger partial charge in [0.15, 0.2) is 5.78 Å². The van der Waals surface area contributed by atoms with Gasteiger partial charge in [0.05, 0.1) is 11.4 Å². The summed E-state index contributed by atoms with van der Waals surface area (Å²) in [6, 6.07) is 4.83. The monoisotopic (exact) mass is 270 g/mol. The van der Waals surface area contributed by atoms with Crippen LogP contribution in [0.15, 0.2) is 24.3 Å². The first kappa shape index (κ1) is 13.8. The zero-order valence-electron chi connectivity index (χ0n) is 8.30. The average Bonchev–Trinajstić information content (AvgIpc) is 2.28. The second kappa shape index (κ2) is 5.35. The Morgan fingerprint density at radius 3 is 2.47 bits per heavy atom. The quantitative estimate of drug-likeness (QED) is 0.466. The molecular weight excluding hydrogens is 264 g/mol. The molecule has 0 bridgehead atoms. The van der Waals surface area contributed by atoms with Gasteiger partial charge in [-0.15, -0.1) is 11.6 Å². The summed E-state index contributed by atoms with van der Waals surface area (Å²) in [4.78, 5) is 11.2. The third-order valence-electron chi connectivity index (χ3n) is 1.81. The maximum atomic E-state index is 12.7. The first-order valence-electron chi connectivity index (χ1n) is 4.41. The molecule has 1 aromatic rings. The highest BCUT2D eigenvalue weighted by molar-refractivity contribution is 6.30. The van der Waals surface area contributed by atoms with Crippen molar-refractivity contribution in [3.05, 3.63) is 29.8 Å². The fourth-order valence-electron chi connectivity index (χ4n) is 1.05. The molecule has 1 rings (SSSR count). The molecule has 0 saturated carbocycles. The average molecular weight is 271 g/mol. The van der Waals surface area contributed by atoms with Gasteiger partial charge in [-0.05, 0) is 12.1 Å². The highest BCUT2D eigenvalue weighted by Crippen LogP contribution is 2.30. The first-order valence-corrected chi connectivity index (χ1v) is 4.95. The van der Waals surface area contributed by atoms with Gasteiger partial charge in [-0.25, -0.2) is 0 Å². The number of carbonyl (C=O) groups excluding carboxylic acids is 1. The van der Waals surface area contributed by atoms with Crippen LogP contribution in [0.3, 0.4) is 0 Å². The molecule has 0 saturated heterocycles. The molecule has 94 valence electrons. The number of benzene rings is 1. The molecule has 7 heteroatoms. The molecule has 0 aliphatic rings. The van der Waals surface area contributed by atoms with Gasteiger partial charge in [0, 0.05) is 0 Å². The molecule has 0 fully saturated rings. The van der Waals surface area contributed by atoms with E-state index in [1.807, 2.05) is 0 Å². The fraction of sp³-hybridized carbons (Fsp3) is 0.300. The van der Waals surface area contributed by atoms with Crippen LogP contribution in [0.4, 0.5) is 17.6 Å². The minimum absolute atomic E-state index is 0.261. The van der Waals surface area contributed by atoms with Crippen molar-refractivity contribution in [2.75, 3.05) is 5.88 Å². The van der Waals surface area contributed by atoms with Crippen molar-refractivity contribution in [2.24, 2.45) is 0 Å². The summed E-state index contributed by atoms with van der Waals surface area (Å²) in [5.41, 5.74) is -0.261. The molecule has 0 radical (unpaired) electrons. The van der Waals surface area contributed by atoms with E-state index in [4.69, 9.17) is 11.6 Å². The lowest BCUT2D eigenvalue weighted by atomic mass is 10.1. The van der Waals surface area contributed by atoms with Gasteiger partial charge in [0.1, 0.15) is 5.75 Å². The minimum Gasteiger partial charge on any atom is -0.428 e. The van der Waals surface area contributed by atoms with Gasteiger partial charge in [0.25, 0.3) is 0 Å². The summed E-state index contributed by atoms with van der Waals surface area (Å²) >= 11 is 5.25. The number of Topliss-reactive ketones (excluding diaryl/α,β-unsaturated/α-hetero) is 1. The van der Waals surface area contributed by atoms with Gasteiger partial charge in [-0.1, -0.05) is 12.1 Å². The Labute approximate surface area is 99.1 Å². The predicted octanol–water partition coefficient (Wildman–Crippen LogP) is 3.34. The third kappa shape index (κ3) is 3.33. The SMILES string of the molecule is O=C(CCl)c1ccccc1OC(F)(F)C(F)F. The smallest absolute Gasteiger partial charge is 0.428 e. The van der Waals surface area contributed by atoms with Crippen molar-refractivity contribution in [3.8, 4) is 5.75 Å². The normalized spacial score (nSPS) is 11.6. The third-order valence-corrected chi connectivity index (χ3v) is 2.05. The number of hydrogen-bond donors (Lipinski definition) is 0. The Kier molecular flexibility index (Phi) is 4.34. The molecule has 0 aromatic heterocycles. The van der Waals surface area contributed by atoms with Crippen LogP contribution in [-0.4, -0.2) is 24.2 Å². The molecule has 1 aromatic carbocycles. The number of ether oxygens (including phenoxy) is 1. The number of ketones is 1. The van der Waals surface area contributed by atoms with E-state index in [0.29, 0.717) is 0 Å². The standard InChI is InChI=1S/C10H7ClF4O2/c11-5-7(16)6-3-1-2-4-8(6)17-10(14,15)9(12)13/h1-4,9H,5H2. The van der Waals surface area contributed by atoms with Crippen LogP contribution in [0, 0.1) is 0 Å². The van der Waals surface area contributed by atoms with E-state index in [9.17, 15) is 22.4 Å². The number of hydrogen-bond acceptors (Lipinski definition) is 2. The summed E-state index contributed by atoms with van der Waals surface area (Å²) in [6.07, 6.45) is -8.63. The second-order valence-corrected chi connectivity index (χ2v) is 3.28. The number of halogens is 5. The molecule has 0 N–H and O–H groups in total. The maximum Gasteiger partial charge on any atom is 0.461 e. The Bertz CT molecular complexity index is 409. The van der Waals surface area contributed by atoms with Crippen LogP contribution < -0.4 is 4.74 Å². The largest absolute Gasteiger partial charge is 0.461 e. The molecule has 0 aliphatic carbocycles. The van der Waals surface area contributed by atoms with Gasteiger partial charge in [0.2, 0.25) is 0 Å². The molecule has 0 atom stereocenters. The molecule has 17 heavy (non-hydrogen) atoms. The van der Waals surface area contributed by atoms with Crippen LogP contribution in [-0.2, 0) is 0 Å². The lowest BCUT2D eigenvalue weighted by Crippen LogP contribution is -2.34. The Hall–Kier alpha value is -1.30. The zero-order chi connectivity index (χ0) is 13.1. The summed E-state index contributed by atoms with van der Waals surface area (Å²) in [7, 11) is 0. The van der Waals surface area contributed by atoms with Gasteiger partial charge >= 0.3 is 12.5 Å². The van der Waals surface area contributed by atoms with E-state index in [2.05, 4.69) is 4.74 Å². The topological polar surface area (TPSA) is 26.3 Å². The summed E-state index contributed by atoms with van der Waals surface area (Å²) in [5.74, 6) is -1.77. The van der Waals surface area contributed by atoms with Crippen molar-refractivity contribution in [3.63, 3.8) is 0 Å². The number of carbonyl (C=O) groups is 1. The highest BCUT2D eigenvalue weighted by Gasteiger charge is 2.44. The van der Waals surface area contributed by atoms with Crippen molar-refractivity contribution in [1.82, 2.24) is 0 Å². The van der Waals surface area contributed by atoms with E-state index >= 15 is 0 Å². The lowest BCUT2D eigenvalue weighted by Gasteiger charge is -2.18. The van der Waals surface area contributed by atoms with E-state index in [1.54, 1.807) is 0 Å². The lowest BCUT2D eigenvalue weighted by molar-refractivity contribution is -0.253. The molecule has 0 aliphatic heterocycles. The maximum absolute atomic E-state index is 12.7. The molecule has 0 unspecified atom stereocenters. The van der Waals surface area contributed by atoms with Crippen LogP contribution >= 0.6 is 11.6 Å². The van der Waals surface area contributed by atoms with E-state index < -0.39 is 29.9 Å². The van der Waals surface area contributed by atoms with Crippen molar-refractivity contribution in [1.29, 1.82) is 0 Å². The summed E-state index contributed by atoms with van der Waals surface area (Å²) < 4.78 is 53.0. The first-order chi connectivity index (χ1) is 7.88. The van der Waals surface area contributed by atoms with Gasteiger partial charge in [-0.2, -0.15) is 17.6 Å². The second-order valence-electron chi connectivity index (χ2n) is 3.02. The van der Waals surface area contributed by atoms with Crippen LogP contribution in [0.1, 0.15) is 10.4 Å². The van der Waals surface area contributed by atoms with E-state index in [0.717, 1.165) is 6.07 Å². The molecule has 2 nitrogen and oxygen atoms in total. The van der Waals surface area contributed by atoms with E-state index in [-0.39, 0.29) is 5.56 Å². The number of alkyl halides is 5.